The predicted octanol–water partition coefficient (Wildman–Crippen LogP) is 4.08. The lowest BCUT2D eigenvalue weighted by molar-refractivity contribution is 0.102. The Bertz CT molecular complexity index is 1290. The number of nitrogens with one attached hydrogen (secondary N) is 1. The van der Waals surface area contributed by atoms with Crippen LogP contribution in [-0.2, 0) is 0 Å². The molecule has 0 bridgehead atoms. The third-order valence-corrected chi connectivity index (χ3v) is 6.96. The second-order valence-corrected chi connectivity index (χ2v) is 9.96. The van der Waals surface area contributed by atoms with Gasteiger partial charge in [-0.05, 0) is 57.6 Å². The van der Waals surface area contributed by atoms with Crippen molar-refractivity contribution in [1.82, 2.24) is 14.0 Å². The molecule has 0 aromatic carbocycles. The van der Waals surface area contributed by atoms with Gasteiger partial charge in [0.15, 0.2) is 0 Å². The Labute approximate surface area is 202 Å². The van der Waals surface area contributed by atoms with Gasteiger partial charge in [-0.3, -0.25) is 9.59 Å². The number of alkyl halides is 1. The molecule has 2 N–H and O–H groups in total. The third kappa shape index (κ3) is 4.82. The van der Waals surface area contributed by atoms with Gasteiger partial charge in [-0.15, -0.1) is 0 Å². The molecule has 1 amide bonds. The number of carbonyl (C=O) groups is 1. The summed E-state index contributed by atoms with van der Waals surface area (Å²) in [6, 6.07) is 4.43. The maximum Gasteiger partial charge on any atom is 0.274 e. The number of carbonyl (C=O) groups excluding carboxylic acids is 1. The summed E-state index contributed by atoms with van der Waals surface area (Å²) >= 11 is 0. The lowest BCUT2D eigenvalue weighted by atomic mass is 9.81. The molecule has 3 heterocycles. The number of aliphatic hydroxyl groups is 1. The van der Waals surface area contributed by atoms with Crippen LogP contribution < -0.4 is 15.6 Å². The highest BCUT2D eigenvalue weighted by Gasteiger charge is 2.40. The number of nitrogens with zero attached hydrogens (tertiary/aromatic N) is 3. The predicted molar refractivity (Wildman–Crippen MR) is 130 cm³/mol. The molecule has 9 heteroatoms. The highest BCUT2D eigenvalue weighted by atomic mass is 19.1. The molecule has 3 aromatic rings. The van der Waals surface area contributed by atoms with E-state index in [1.54, 1.807) is 24.5 Å². The van der Waals surface area contributed by atoms with E-state index >= 15 is 0 Å². The zero-order valence-corrected chi connectivity index (χ0v) is 20.0. The van der Waals surface area contributed by atoms with E-state index in [9.17, 15) is 19.1 Å². The molecule has 0 radical (unpaired) electrons. The number of rotatable bonds is 7. The van der Waals surface area contributed by atoms with E-state index in [0.29, 0.717) is 29.7 Å². The van der Waals surface area contributed by atoms with E-state index in [2.05, 4.69) is 5.32 Å². The zero-order chi connectivity index (χ0) is 24.7. The maximum atomic E-state index is 13.5. The third-order valence-electron chi connectivity index (χ3n) is 6.96. The molecule has 0 saturated heterocycles. The number of amides is 1. The van der Waals surface area contributed by atoms with Crippen LogP contribution >= 0.6 is 0 Å². The van der Waals surface area contributed by atoms with Gasteiger partial charge in [0.2, 0.25) is 0 Å². The molecule has 0 aliphatic heterocycles. The summed E-state index contributed by atoms with van der Waals surface area (Å²) in [5.74, 6) is 0.578. The normalized spacial score (nSPS) is 24.0. The first-order chi connectivity index (χ1) is 16.8. The summed E-state index contributed by atoms with van der Waals surface area (Å²) < 4.78 is 22.6. The minimum absolute atomic E-state index is 0.0964. The van der Waals surface area contributed by atoms with Crippen molar-refractivity contribution in [2.45, 2.75) is 70.2 Å². The van der Waals surface area contributed by atoms with Gasteiger partial charge < -0.3 is 24.1 Å². The Kier molecular flexibility index (Phi) is 6.35. The van der Waals surface area contributed by atoms with Gasteiger partial charge in [0, 0.05) is 43.6 Å². The number of imidazole rings is 1. The molecule has 0 unspecified atom stereocenters. The highest BCUT2D eigenvalue weighted by molar-refractivity contribution is 6.06. The zero-order valence-electron chi connectivity index (χ0n) is 20.0. The van der Waals surface area contributed by atoms with Crippen molar-refractivity contribution in [3.8, 4) is 5.75 Å². The molecule has 0 spiro atoms. The van der Waals surface area contributed by atoms with Crippen LogP contribution in [0.2, 0.25) is 0 Å². The van der Waals surface area contributed by atoms with Crippen molar-refractivity contribution in [3.05, 3.63) is 58.4 Å². The second-order valence-electron chi connectivity index (χ2n) is 9.96. The number of aromatic nitrogens is 3. The SMILES string of the molecule is CC(C)Oc1cc2nc(C3CCC(CO)CC3)cn2cc1C(=O)Nc1cccn([C@@H]2C[C@@H]2F)c1=O. The monoisotopic (exact) mass is 482 g/mol. The van der Waals surface area contributed by atoms with Crippen molar-refractivity contribution in [3.63, 3.8) is 0 Å². The largest absolute Gasteiger partial charge is 0.490 e. The first kappa shape index (κ1) is 23.5. The Hall–Kier alpha value is -3.20. The number of hydrogen-bond donors (Lipinski definition) is 2. The number of ether oxygens (including phenoxy) is 1. The fourth-order valence-corrected chi connectivity index (χ4v) is 4.89. The summed E-state index contributed by atoms with van der Waals surface area (Å²) in [4.78, 5) is 30.9. The van der Waals surface area contributed by atoms with E-state index in [0.717, 1.165) is 31.4 Å². The Morgan fingerprint density at radius 3 is 2.69 bits per heavy atom. The molecule has 2 fully saturated rings. The molecular weight excluding hydrogens is 451 g/mol. The minimum atomic E-state index is -1.03. The van der Waals surface area contributed by atoms with Crippen LogP contribution in [0.1, 0.15) is 74.0 Å². The Balaban J connectivity index is 1.44. The molecule has 5 rings (SSSR count). The van der Waals surface area contributed by atoms with E-state index < -0.39 is 23.7 Å². The topological polar surface area (TPSA) is 97.9 Å². The molecule has 2 atom stereocenters. The Morgan fingerprint density at radius 2 is 2.03 bits per heavy atom. The van der Waals surface area contributed by atoms with Crippen LogP contribution in [0, 0.1) is 5.92 Å². The molecule has 2 aliphatic carbocycles. The molecule has 2 aliphatic rings. The maximum absolute atomic E-state index is 13.5. The lowest BCUT2D eigenvalue weighted by Gasteiger charge is -2.25. The molecule has 3 aromatic heterocycles. The second kappa shape index (κ2) is 9.45. The summed E-state index contributed by atoms with van der Waals surface area (Å²) in [5, 5.41) is 12.1. The van der Waals surface area contributed by atoms with E-state index in [1.807, 2.05) is 24.4 Å². The fourth-order valence-electron chi connectivity index (χ4n) is 4.89. The molecule has 186 valence electrons. The van der Waals surface area contributed by atoms with Gasteiger partial charge in [-0.1, -0.05) is 0 Å². The summed E-state index contributed by atoms with van der Waals surface area (Å²) in [6.45, 7) is 3.98. The van der Waals surface area contributed by atoms with Crippen molar-refractivity contribution >= 4 is 17.2 Å². The number of hydrogen-bond acceptors (Lipinski definition) is 5. The van der Waals surface area contributed by atoms with Crippen LogP contribution in [0.15, 0.2) is 41.6 Å². The van der Waals surface area contributed by atoms with E-state index in [4.69, 9.17) is 9.72 Å². The van der Waals surface area contributed by atoms with Crippen molar-refractivity contribution < 1.29 is 19.0 Å². The lowest BCUT2D eigenvalue weighted by Crippen LogP contribution is -2.26. The standard InChI is InChI=1S/C26H31FN4O4/c1-15(2)35-23-11-24-28-21(17-7-5-16(14-32)6-8-17)13-30(24)12-18(23)25(33)29-20-4-3-9-31(26(20)34)22-10-19(22)27/h3-4,9,11-13,15-17,19,22,32H,5-8,10,14H2,1-2H3,(H,29,33)/t16?,17?,19-,22+/m0/s1. The minimum Gasteiger partial charge on any atom is -0.490 e. The van der Waals surface area contributed by atoms with Crippen molar-refractivity contribution in [2.24, 2.45) is 5.92 Å². The van der Waals surface area contributed by atoms with Gasteiger partial charge in [0.05, 0.1) is 23.4 Å². The van der Waals surface area contributed by atoms with Gasteiger partial charge in [0.1, 0.15) is 23.3 Å². The summed E-state index contributed by atoms with van der Waals surface area (Å²) in [5.41, 5.74) is 1.59. The van der Waals surface area contributed by atoms with Gasteiger partial charge in [-0.25, -0.2) is 9.37 Å². The van der Waals surface area contributed by atoms with Crippen LogP contribution in [0.3, 0.4) is 0 Å². The summed E-state index contributed by atoms with van der Waals surface area (Å²) in [6.07, 6.45) is 8.17. The van der Waals surface area contributed by atoms with E-state index in [1.165, 1.54) is 10.6 Å². The van der Waals surface area contributed by atoms with Crippen LogP contribution in [-0.4, -0.2) is 43.8 Å². The highest BCUT2D eigenvalue weighted by Crippen LogP contribution is 2.38. The van der Waals surface area contributed by atoms with Gasteiger partial charge in [0.25, 0.3) is 11.5 Å². The van der Waals surface area contributed by atoms with Crippen LogP contribution in [0.25, 0.3) is 5.65 Å². The summed E-state index contributed by atoms with van der Waals surface area (Å²) in [7, 11) is 0. The molecular formula is C26H31FN4O4. The van der Waals surface area contributed by atoms with Crippen molar-refractivity contribution in [1.29, 1.82) is 0 Å². The molecule has 8 nitrogen and oxygen atoms in total. The quantitative estimate of drug-likeness (QED) is 0.529. The van der Waals surface area contributed by atoms with Crippen molar-refractivity contribution in [2.75, 3.05) is 11.9 Å². The van der Waals surface area contributed by atoms with E-state index in [-0.39, 0.29) is 24.0 Å². The number of fused-ring (bicyclic) bond motifs is 1. The first-order valence-electron chi connectivity index (χ1n) is 12.3. The number of aliphatic hydroxyl groups excluding tert-OH is 1. The average Bonchev–Trinajstić information content (AvgIpc) is 3.41. The number of halogens is 1. The molecule has 35 heavy (non-hydrogen) atoms. The van der Waals surface area contributed by atoms with Crippen LogP contribution in [0.4, 0.5) is 10.1 Å². The fraction of sp³-hybridized carbons (Fsp3) is 0.500. The molecule has 2 saturated carbocycles. The first-order valence-corrected chi connectivity index (χ1v) is 12.3. The number of anilines is 1. The Morgan fingerprint density at radius 1 is 1.29 bits per heavy atom. The smallest absolute Gasteiger partial charge is 0.274 e. The van der Waals surface area contributed by atoms with Gasteiger partial charge in [-0.2, -0.15) is 0 Å². The average molecular weight is 483 g/mol. The number of pyridine rings is 2. The van der Waals surface area contributed by atoms with Crippen LogP contribution in [0.5, 0.6) is 5.75 Å². The van der Waals surface area contributed by atoms with Gasteiger partial charge >= 0.3 is 0 Å².